The highest BCUT2D eigenvalue weighted by Crippen LogP contribution is 2.24. The molecule has 1 unspecified atom stereocenters. The molecule has 2 aromatic carbocycles. The van der Waals surface area contributed by atoms with E-state index in [-0.39, 0.29) is 6.42 Å². The van der Waals surface area contributed by atoms with Crippen LogP contribution in [0.4, 0.5) is 8.78 Å². The predicted molar refractivity (Wildman–Crippen MR) is 71.6 cm³/mol. The molecule has 2 nitrogen and oxygen atoms in total. The zero-order valence-corrected chi connectivity index (χ0v) is 10.9. The Morgan fingerprint density at radius 1 is 1.15 bits per heavy atom. The Morgan fingerprint density at radius 3 is 2.45 bits per heavy atom. The monoisotopic (exact) mass is 276 g/mol. The summed E-state index contributed by atoms with van der Waals surface area (Å²) in [7, 11) is 0. The van der Waals surface area contributed by atoms with Gasteiger partial charge in [0, 0.05) is 0 Å². The Morgan fingerprint density at radius 2 is 1.85 bits per heavy atom. The highest BCUT2D eigenvalue weighted by molar-refractivity contribution is 5.76. The first-order valence-electron chi connectivity index (χ1n) is 6.21. The summed E-state index contributed by atoms with van der Waals surface area (Å²) < 4.78 is 27.2. The molecule has 0 fully saturated rings. The summed E-state index contributed by atoms with van der Waals surface area (Å²) >= 11 is 0. The van der Waals surface area contributed by atoms with E-state index in [2.05, 4.69) is 0 Å². The predicted octanol–water partition coefficient (Wildman–Crippen LogP) is 3.68. The largest absolute Gasteiger partial charge is 0.481 e. The smallest absolute Gasteiger partial charge is 0.311 e. The molecule has 4 heteroatoms. The summed E-state index contributed by atoms with van der Waals surface area (Å²) in [6, 6.07) is 10.3. The summed E-state index contributed by atoms with van der Waals surface area (Å²) in [6.45, 7) is 1.60. The van der Waals surface area contributed by atoms with Crippen LogP contribution in [0.1, 0.15) is 22.6 Å². The molecule has 0 bridgehead atoms. The van der Waals surface area contributed by atoms with Crippen LogP contribution in [0.25, 0.3) is 0 Å². The summed E-state index contributed by atoms with van der Waals surface area (Å²) in [6.07, 6.45) is -0.00942. The van der Waals surface area contributed by atoms with Crippen LogP contribution in [0.15, 0.2) is 42.5 Å². The molecular formula is C16H14F2O2. The third-order valence-electron chi connectivity index (χ3n) is 3.28. The second kappa shape index (κ2) is 5.82. The van der Waals surface area contributed by atoms with E-state index in [1.807, 2.05) is 0 Å². The Kier molecular flexibility index (Phi) is 4.13. The lowest BCUT2D eigenvalue weighted by molar-refractivity contribution is -0.138. The topological polar surface area (TPSA) is 37.3 Å². The molecule has 0 aliphatic carbocycles. The standard InChI is InChI=1S/C16H14F2O2/c1-10-6-7-11(9-15(10)18)13(16(19)20)8-12-4-2-3-5-14(12)17/h2-7,9,13H,8H2,1H3,(H,19,20). The highest BCUT2D eigenvalue weighted by atomic mass is 19.1. The van der Waals surface area contributed by atoms with Crippen LogP contribution in [0.3, 0.4) is 0 Å². The molecular weight excluding hydrogens is 262 g/mol. The number of hydrogen-bond donors (Lipinski definition) is 1. The summed E-state index contributed by atoms with van der Waals surface area (Å²) in [5, 5.41) is 9.29. The van der Waals surface area contributed by atoms with E-state index < -0.39 is 23.5 Å². The van der Waals surface area contributed by atoms with Crippen molar-refractivity contribution in [3.8, 4) is 0 Å². The number of rotatable bonds is 4. The van der Waals surface area contributed by atoms with E-state index in [4.69, 9.17) is 0 Å². The molecule has 0 amide bonds. The van der Waals surface area contributed by atoms with Crippen LogP contribution in [0.5, 0.6) is 0 Å². The lowest BCUT2D eigenvalue weighted by atomic mass is 9.91. The van der Waals surface area contributed by atoms with E-state index in [0.717, 1.165) is 0 Å². The Hall–Kier alpha value is -2.23. The van der Waals surface area contributed by atoms with Crippen molar-refractivity contribution in [2.45, 2.75) is 19.3 Å². The molecule has 0 heterocycles. The molecule has 0 aliphatic heterocycles. The Bertz CT molecular complexity index is 638. The van der Waals surface area contributed by atoms with E-state index >= 15 is 0 Å². The van der Waals surface area contributed by atoms with Gasteiger partial charge in [-0.3, -0.25) is 4.79 Å². The third-order valence-corrected chi connectivity index (χ3v) is 3.28. The van der Waals surface area contributed by atoms with Crippen molar-refractivity contribution in [2.24, 2.45) is 0 Å². The fourth-order valence-electron chi connectivity index (χ4n) is 2.06. The first-order chi connectivity index (χ1) is 9.49. The van der Waals surface area contributed by atoms with E-state index in [9.17, 15) is 18.7 Å². The van der Waals surface area contributed by atoms with Crippen molar-refractivity contribution in [1.82, 2.24) is 0 Å². The SMILES string of the molecule is Cc1ccc(C(Cc2ccccc2F)C(=O)O)cc1F. The van der Waals surface area contributed by atoms with Crippen molar-refractivity contribution in [3.63, 3.8) is 0 Å². The van der Waals surface area contributed by atoms with Gasteiger partial charge in [0.1, 0.15) is 11.6 Å². The van der Waals surface area contributed by atoms with E-state index in [0.29, 0.717) is 16.7 Å². The molecule has 2 aromatic rings. The number of carboxylic acids is 1. The first kappa shape index (κ1) is 14.2. The highest BCUT2D eigenvalue weighted by Gasteiger charge is 2.22. The minimum absolute atomic E-state index is 0.00942. The van der Waals surface area contributed by atoms with Gasteiger partial charge in [-0.15, -0.1) is 0 Å². The third kappa shape index (κ3) is 3.02. The van der Waals surface area contributed by atoms with Crippen LogP contribution >= 0.6 is 0 Å². The zero-order valence-electron chi connectivity index (χ0n) is 10.9. The van der Waals surface area contributed by atoms with E-state index in [1.54, 1.807) is 25.1 Å². The molecule has 104 valence electrons. The maximum absolute atomic E-state index is 13.6. The van der Waals surface area contributed by atoms with Gasteiger partial charge in [0.05, 0.1) is 5.92 Å². The van der Waals surface area contributed by atoms with Gasteiger partial charge in [0.2, 0.25) is 0 Å². The van der Waals surface area contributed by atoms with Gasteiger partial charge in [-0.05, 0) is 42.2 Å². The van der Waals surface area contributed by atoms with Crippen LogP contribution in [0, 0.1) is 18.6 Å². The lowest BCUT2D eigenvalue weighted by Gasteiger charge is -2.14. The molecule has 0 aromatic heterocycles. The van der Waals surface area contributed by atoms with Crippen LogP contribution in [-0.4, -0.2) is 11.1 Å². The van der Waals surface area contributed by atoms with Gasteiger partial charge < -0.3 is 5.11 Å². The van der Waals surface area contributed by atoms with Gasteiger partial charge in [-0.2, -0.15) is 0 Å². The van der Waals surface area contributed by atoms with Crippen LogP contribution < -0.4 is 0 Å². The van der Waals surface area contributed by atoms with Crippen molar-refractivity contribution in [1.29, 1.82) is 0 Å². The minimum atomic E-state index is -1.10. The molecule has 0 saturated heterocycles. The molecule has 20 heavy (non-hydrogen) atoms. The Labute approximate surface area is 115 Å². The quantitative estimate of drug-likeness (QED) is 0.924. The number of aliphatic carboxylic acids is 1. The number of halogens is 2. The number of carbonyl (C=O) groups is 1. The Balaban J connectivity index is 2.34. The first-order valence-corrected chi connectivity index (χ1v) is 6.21. The molecule has 0 saturated carbocycles. The minimum Gasteiger partial charge on any atom is -0.481 e. The molecule has 1 atom stereocenters. The lowest BCUT2D eigenvalue weighted by Crippen LogP contribution is -2.15. The van der Waals surface area contributed by atoms with Gasteiger partial charge in [-0.25, -0.2) is 8.78 Å². The molecule has 2 rings (SSSR count). The van der Waals surface area contributed by atoms with Crippen molar-refractivity contribution >= 4 is 5.97 Å². The van der Waals surface area contributed by atoms with Gasteiger partial charge in [0.15, 0.2) is 0 Å². The summed E-state index contributed by atoms with van der Waals surface area (Å²) in [4.78, 5) is 11.4. The number of benzene rings is 2. The van der Waals surface area contributed by atoms with Crippen LogP contribution in [-0.2, 0) is 11.2 Å². The summed E-state index contributed by atoms with van der Waals surface area (Å²) in [5.41, 5.74) is 1.09. The van der Waals surface area contributed by atoms with Crippen molar-refractivity contribution < 1.29 is 18.7 Å². The normalized spacial score (nSPS) is 12.2. The fourth-order valence-corrected chi connectivity index (χ4v) is 2.06. The molecule has 0 aliphatic rings. The second-order valence-electron chi connectivity index (χ2n) is 4.69. The van der Waals surface area contributed by atoms with Gasteiger partial charge in [-0.1, -0.05) is 30.3 Å². The second-order valence-corrected chi connectivity index (χ2v) is 4.69. The number of hydrogen-bond acceptors (Lipinski definition) is 1. The summed E-state index contributed by atoms with van der Waals surface area (Å²) in [5.74, 6) is -2.98. The number of carboxylic acid groups (broad SMARTS) is 1. The van der Waals surface area contributed by atoms with E-state index in [1.165, 1.54) is 24.3 Å². The maximum Gasteiger partial charge on any atom is 0.311 e. The number of aryl methyl sites for hydroxylation is 1. The average Bonchev–Trinajstić information content (AvgIpc) is 2.41. The van der Waals surface area contributed by atoms with Crippen molar-refractivity contribution in [2.75, 3.05) is 0 Å². The zero-order chi connectivity index (χ0) is 14.7. The average molecular weight is 276 g/mol. The molecule has 1 N–H and O–H groups in total. The molecule has 0 spiro atoms. The molecule has 0 radical (unpaired) electrons. The van der Waals surface area contributed by atoms with Gasteiger partial charge in [0.25, 0.3) is 0 Å². The van der Waals surface area contributed by atoms with Gasteiger partial charge >= 0.3 is 5.97 Å². The van der Waals surface area contributed by atoms with Crippen LogP contribution in [0.2, 0.25) is 0 Å². The fraction of sp³-hybridized carbons (Fsp3) is 0.188. The van der Waals surface area contributed by atoms with Crippen molar-refractivity contribution in [3.05, 3.63) is 70.8 Å². The maximum atomic E-state index is 13.6.